The van der Waals surface area contributed by atoms with Crippen molar-refractivity contribution in [1.82, 2.24) is 14.9 Å². The van der Waals surface area contributed by atoms with E-state index in [1.807, 2.05) is 0 Å². The van der Waals surface area contributed by atoms with Crippen LogP contribution in [0.1, 0.15) is 16.2 Å². The van der Waals surface area contributed by atoms with E-state index < -0.39 is 33.0 Å². The average molecular weight is 341 g/mol. The predicted molar refractivity (Wildman–Crippen MR) is 73.2 cm³/mol. The number of benzene rings is 1. The van der Waals surface area contributed by atoms with E-state index in [2.05, 4.69) is 24.1 Å². The number of sulfonamides is 1. The highest BCUT2D eigenvalue weighted by Crippen LogP contribution is 2.16. The van der Waals surface area contributed by atoms with Crippen molar-refractivity contribution < 1.29 is 32.0 Å². The average Bonchev–Trinajstić information content (AvgIpc) is 2.90. The third-order valence-electron chi connectivity index (χ3n) is 2.49. The predicted octanol–water partition coefficient (Wildman–Crippen LogP) is 0.642. The Labute approximate surface area is 130 Å². The number of aromatic nitrogens is 2. The number of carbonyl (C=O) groups is 2. The standard InChI is InChI=1S/C12H11N3O7S/c1-7-13-11(14-22-7)21-12(17)15-23(18,19)9-6-4-3-5-8(9)10(16)20-2/h3-6H,1-2H3,(H,15,17). The maximum absolute atomic E-state index is 12.2. The molecule has 0 aliphatic heterocycles. The summed E-state index contributed by atoms with van der Waals surface area (Å²) in [4.78, 5) is 26.4. The van der Waals surface area contributed by atoms with Crippen LogP contribution in [0.25, 0.3) is 0 Å². The number of methoxy groups -OCH3 is 1. The monoisotopic (exact) mass is 341 g/mol. The van der Waals surface area contributed by atoms with Crippen molar-refractivity contribution in [2.24, 2.45) is 0 Å². The SMILES string of the molecule is COC(=O)c1ccccc1S(=O)(=O)NC(=O)Oc1noc(C)n1. The molecule has 1 aromatic heterocycles. The minimum Gasteiger partial charge on any atom is -0.465 e. The van der Waals surface area contributed by atoms with E-state index in [4.69, 9.17) is 0 Å². The molecule has 23 heavy (non-hydrogen) atoms. The van der Waals surface area contributed by atoms with Crippen LogP contribution < -0.4 is 9.46 Å². The second-order valence-corrected chi connectivity index (χ2v) is 5.73. The van der Waals surface area contributed by atoms with Gasteiger partial charge in [-0.25, -0.2) is 22.7 Å². The Morgan fingerprint density at radius 1 is 1.26 bits per heavy atom. The third-order valence-corrected chi connectivity index (χ3v) is 3.86. The van der Waals surface area contributed by atoms with Crippen LogP contribution in [0.2, 0.25) is 0 Å². The number of rotatable bonds is 4. The first-order chi connectivity index (χ1) is 10.8. The fourth-order valence-corrected chi connectivity index (χ4v) is 2.64. The molecular formula is C12H11N3O7S. The highest BCUT2D eigenvalue weighted by molar-refractivity contribution is 7.90. The van der Waals surface area contributed by atoms with E-state index in [1.165, 1.54) is 25.1 Å². The fraction of sp³-hybridized carbons (Fsp3) is 0.167. The minimum absolute atomic E-state index is 0.131. The zero-order valence-electron chi connectivity index (χ0n) is 12.0. The number of carbonyl (C=O) groups excluding carboxylic acids is 2. The van der Waals surface area contributed by atoms with Gasteiger partial charge in [0.1, 0.15) is 4.90 Å². The van der Waals surface area contributed by atoms with E-state index in [0.717, 1.165) is 13.2 Å². The van der Waals surface area contributed by atoms with Crippen molar-refractivity contribution in [3.63, 3.8) is 0 Å². The van der Waals surface area contributed by atoms with E-state index in [1.54, 1.807) is 4.72 Å². The Bertz CT molecular complexity index is 844. The van der Waals surface area contributed by atoms with Crippen LogP contribution in [0.5, 0.6) is 6.01 Å². The lowest BCUT2D eigenvalue weighted by atomic mass is 10.2. The van der Waals surface area contributed by atoms with Crippen molar-refractivity contribution in [3.05, 3.63) is 35.7 Å². The van der Waals surface area contributed by atoms with Gasteiger partial charge >= 0.3 is 18.1 Å². The Morgan fingerprint density at radius 2 is 1.96 bits per heavy atom. The van der Waals surface area contributed by atoms with Gasteiger partial charge in [-0.15, -0.1) is 0 Å². The van der Waals surface area contributed by atoms with Gasteiger partial charge in [0, 0.05) is 6.92 Å². The first-order valence-electron chi connectivity index (χ1n) is 6.06. The zero-order chi connectivity index (χ0) is 17.0. The first kappa shape index (κ1) is 16.4. The quantitative estimate of drug-likeness (QED) is 0.794. The summed E-state index contributed by atoms with van der Waals surface area (Å²) < 4.78 is 39.6. The molecule has 0 radical (unpaired) electrons. The highest BCUT2D eigenvalue weighted by Gasteiger charge is 2.26. The van der Waals surface area contributed by atoms with Crippen LogP contribution in [-0.4, -0.2) is 37.7 Å². The lowest BCUT2D eigenvalue weighted by Gasteiger charge is -2.09. The summed E-state index contributed by atoms with van der Waals surface area (Å²) in [7, 11) is -3.27. The molecule has 1 heterocycles. The number of amides is 1. The molecule has 0 atom stereocenters. The minimum atomic E-state index is -4.37. The zero-order valence-corrected chi connectivity index (χ0v) is 12.8. The Morgan fingerprint density at radius 3 is 2.57 bits per heavy atom. The molecule has 1 N–H and O–H groups in total. The first-order valence-corrected chi connectivity index (χ1v) is 7.54. The van der Waals surface area contributed by atoms with Crippen LogP contribution in [0.4, 0.5) is 4.79 Å². The number of nitrogens with one attached hydrogen (secondary N) is 1. The third kappa shape index (κ3) is 3.83. The molecule has 1 amide bonds. The van der Waals surface area contributed by atoms with Gasteiger partial charge in [-0.3, -0.25) is 0 Å². The maximum atomic E-state index is 12.2. The molecule has 0 aliphatic rings. The molecule has 122 valence electrons. The van der Waals surface area contributed by atoms with Gasteiger partial charge in [0.25, 0.3) is 10.0 Å². The summed E-state index contributed by atoms with van der Waals surface area (Å²) in [6, 6.07) is 4.77. The molecule has 0 bridgehead atoms. The number of hydrogen-bond donors (Lipinski definition) is 1. The summed E-state index contributed by atoms with van der Waals surface area (Å²) in [5.74, 6) is -0.736. The molecule has 0 aliphatic carbocycles. The molecule has 10 nitrogen and oxygen atoms in total. The van der Waals surface area contributed by atoms with E-state index in [9.17, 15) is 18.0 Å². The molecule has 0 saturated heterocycles. The van der Waals surface area contributed by atoms with Crippen LogP contribution in [-0.2, 0) is 14.8 Å². The van der Waals surface area contributed by atoms with Gasteiger partial charge in [0.15, 0.2) is 0 Å². The Balaban J connectivity index is 2.22. The van der Waals surface area contributed by atoms with Gasteiger partial charge in [-0.05, 0) is 17.3 Å². The van der Waals surface area contributed by atoms with Crippen molar-refractivity contribution in [3.8, 4) is 6.01 Å². The second-order valence-electron chi connectivity index (χ2n) is 4.08. The number of esters is 1. The van der Waals surface area contributed by atoms with Crippen molar-refractivity contribution >= 4 is 22.1 Å². The summed E-state index contributed by atoms with van der Waals surface area (Å²) in [5.41, 5.74) is -0.231. The molecule has 0 saturated carbocycles. The topological polar surface area (TPSA) is 138 Å². The van der Waals surface area contributed by atoms with Crippen LogP contribution >= 0.6 is 0 Å². The molecule has 0 spiro atoms. The Kier molecular flexibility index (Phi) is 4.60. The molecule has 0 unspecified atom stereocenters. The van der Waals surface area contributed by atoms with E-state index >= 15 is 0 Å². The number of hydrogen-bond acceptors (Lipinski definition) is 9. The van der Waals surface area contributed by atoms with Gasteiger partial charge in [0.2, 0.25) is 5.89 Å². The van der Waals surface area contributed by atoms with Crippen LogP contribution in [0.3, 0.4) is 0 Å². The van der Waals surface area contributed by atoms with E-state index in [-0.39, 0.29) is 11.5 Å². The van der Waals surface area contributed by atoms with Gasteiger partial charge < -0.3 is 14.0 Å². The van der Waals surface area contributed by atoms with Gasteiger partial charge in [-0.1, -0.05) is 12.1 Å². The number of nitrogens with zero attached hydrogens (tertiary/aromatic N) is 2. The Hall–Kier alpha value is -2.95. The van der Waals surface area contributed by atoms with Crippen LogP contribution in [0.15, 0.2) is 33.7 Å². The molecular weight excluding hydrogens is 330 g/mol. The highest BCUT2D eigenvalue weighted by atomic mass is 32.2. The number of aryl methyl sites for hydroxylation is 1. The van der Waals surface area contributed by atoms with E-state index in [0.29, 0.717) is 0 Å². The summed E-state index contributed by atoms with van der Waals surface area (Å²) in [5, 5.41) is 3.28. The maximum Gasteiger partial charge on any atom is 0.429 e. The fourth-order valence-electron chi connectivity index (χ4n) is 1.57. The molecule has 11 heteroatoms. The van der Waals surface area contributed by atoms with Crippen LogP contribution in [0, 0.1) is 6.92 Å². The smallest absolute Gasteiger partial charge is 0.429 e. The molecule has 2 aromatic rings. The van der Waals surface area contributed by atoms with Crippen molar-refractivity contribution in [2.45, 2.75) is 11.8 Å². The largest absolute Gasteiger partial charge is 0.465 e. The summed E-state index contributed by atoms with van der Waals surface area (Å²) in [6.07, 6.45) is -1.36. The summed E-state index contributed by atoms with van der Waals surface area (Å²) in [6.45, 7) is 1.46. The lowest BCUT2D eigenvalue weighted by Crippen LogP contribution is -2.34. The van der Waals surface area contributed by atoms with Crippen molar-refractivity contribution in [1.29, 1.82) is 0 Å². The molecule has 0 fully saturated rings. The second kappa shape index (κ2) is 6.44. The van der Waals surface area contributed by atoms with Gasteiger partial charge in [-0.2, -0.15) is 4.98 Å². The normalized spacial score (nSPS) is 10.9. The van der Waals surface area contributed by atoms with Crippen molar-refractivity contribution in [2.75, 3.05) is 7.11 Å². The summed E-state index contributed by atoms with van der Waals surface area (Å²) >= 11 is 0. The number of ether oxygens (including phenoxy) is 2. The van der Waals surface area contributed by atoms with Gasteiger partial charge in [0.05, 0.1) is 12.7 Å². The molecule has 2 rings (SSSR count). The molecule has 1 aromatic carbocycles. The lowest BCUT2D eigenvalue weighted by molar-refractivity contribution is 0.0596.